The molecule has 1 aromatic carbocycles. The van der Waals surface area contributed by atoms with Crippen molar-refractivity contribution in [3.05, 3.63) is 42.5 Å². The maximum absolute atomic E-state index is 5.72. The van der Waals surface area contributed by atoms with Gasteiger partial charge in [-0.05, 0) is 32.1 Å². The van der Waals surface area contributed by atoms with Crippen LogP contribution in [0, 0.1) is 0 Å². The van der Waals surface area contributed by atoms with Gasteiger partial charge in [0.1, 0.15) is 12.4 Å². The zero-order valence-electron chi connectivity index (χ0n) is 16.3. The molecule has 0 aromatic heterocycles. The highest BCUT2D eigenvalue weighted by molar-refractivity contribution is 14.0. The van der Waals surface area contributed by atoms with Gasteiger partial charge in [-0.25, -0.2) is 4.99 Å². The third-order valence-corrected chi connectivity index (χ3v) is 5.91. The van der Waals surface area contributed by atoms with Crippen molar-refractivity contribution in [1.82, 2.24) is 10.6 Å². The van der Waals surface area contributed by atoms with Gasteiger partial charge in [0.05, 0.1) is 6.54 Å². The number of rotatable bonds is 9. The molecule has 5 nitrogen and oxygen atoms in total. The van der Waals surface area contributed by atoms with E-state index in [9.17, 15) is 0 Å². The lowest BCUT2D eigenvalue weighted by molar-refractivity contribution is 0.0783. The number of hydrogen-bond donors (Lipinski definition) is 2. The number of nitrogens with zero attached hydrogens (tertiary/aromatic N) is 1. The number of hydrogen-bond acceptors (Lipinski definition) is 4. The summed E-state index contributed by atoms with van der Waals surface area (Å²) in [7, 11) is 0. The van der Waals surface area contributed by atoms with Crippen LogP contribution in [0.4, 0.5) is 0 Å². The fourth-order valence-electron chi connectivity index (χ4n) is 2.87. The Labute approximate surface area is 184 Å². The Morgan fingerprint density at radius 2 is 2.07 bits per heavy atom. The van der Waals surface area contributed by atoms with Crippen LogP contribution in [-0.2, 0) is 11.3 Å². The molecule has 0 saturated carbocycles. The lowest BCUT2D eigenvalue weighted by Crippen LogP contribution is -2.47. The molecule has 0 radical (unpaired) electrons. The van der Waals surface area contributed by atoms with Gasteiger partial charge >= 0.3 is 0 Å². The first-order chi connectivity index (χ1) is 12.7. The molecule has 0 atom stereocenters. The van der Waals surface area contributed by atoms with Crippen LogP contribution in [0.1, 0.15) is 25.3 Å². The van der Waals surface area contributed by atoms with Gasteiger partial charge in [-0.1, -0.05) is 30.9 Å². The number of thioether (sulfide) groups is 1. The number of para-hydroxylation sites is 1. The molecule has 1 saturated heterocycles. The van der Waals surface area contributed by atoms with Crippen LogP contribution >= 0.6 is 35.7 Å². The normalized spacial score (nSPS) is 16.1. The molecule has 2 rings (SSSR count). The summed E-state index contributed by atoms with van der Waals surface area (Å²) in [6.45, 7) is 10.2. The highest BCUT2D eigenvalue weighted by Gasteiger charge is 2.31. The van der Waals surface area contributed by atoms with Gasteiger partial charge in [0.15, 0.2) is 5.96 Å². The van der Waals surface area contributed by atoms with Gasteiger partial charge in [0.25, 0.3) is 0 Å². The van der Waals surface area contributed by atoms with Crippen LogP contribution in [-0.4, -0.2) is 49.9 Å². The zero-order chi connectivity index (χ0) is 18.7. The molecule has 7 heteroatoms. The van der Waals surface area contributed by atoms with E-state index in [4.69, 9.17) is 14.5 Å². The topological polar surface area (TPSA) is 54.9 Å². The predicted molar refractivity (Wildman–Crippen MR) is 127 cm³/mol. The third-order valence-electron chi connectivity index (χ3n) is 4.50. The first-order valence-corrected chi connectivity index (χ1v) is 10.4. The molecule has 1 aliphatic rings. The standard InChI is InChI=1S/C20H31N3O2S.HI/c1-4-12-25-18-9-7-6-8-17(18)15-22-19(21-5-2)23-16-20(26-3)10-13-24-14-11-20;/h4,6-9H,1,5,10-16H2,2-3H3,(H2,21,22,23);1H. The van der Waals surface area contributed by atoms with Crippen LogP contribution in [0.25, 0.3) is 0 Å². The smallest absolute Gasteiger partial charge is 0.191 e. The van der Waals surface area contributed by atoms with E-state index in [0.717, 1.165) is 56.4 Å². The minimum Gasteiger partial charge on any atom is -0.489 e. The number of guanidine groups is 1. The molecule has 0 bridgehead atoms. The minimum absolute atomic E-state index is 0. The van der Waals surface area contributed by atoms with Crippen molar-refractivity contribution in [3.8, 4) is 5.75 Å². The number of halogens is 1. The second-order valence-electron chi connectivity index (χ2n) is 6.26. The van der Waals surface area contributed by atoms with Crippen LogP contribution in [0.15, 0.2) is 41.9 Å². The quantitative estimate of drug-likeness (QED) is 0.231. The molecule has 152 valence electrons. The second-order valence-corrected chi connectivity index (χ2v) is 7.53. The highest BCUT2D eigenvalue weighted by Crippen LogP contribution is 2.32. The van der Waals surface area contributed by atoms with Crippen LogP contribution in [0.3, 0.4) is 0 Å². The molecule has 0 spiro atoms. The SMILES string of the molecule is C=CCOc1ccccc1CN=C(NCC)NCC1(SC)CCOCC1.I. The molecule has 1 fully saturated rings. The molecule has 0 unspecified atom stereocenters. The molecular weight excluding hydrogens is 473 g/mol. The Morgan fingerprint density at radius 1 is 1.33 bits per heavy atom. The first-order valence-electron chi connectivity index (χ1n) is 9.19. The van der Waals surface area contributed by atoms with E-state index in [1.165, 1.54) is 0 Å². The average molecular weight is 505 g/mol. The van der Waals surface area contributed by atoms with E-state index in [0.29, 0.717) is 13.2 Å². The summed E-state index contributed by atoms with van der Waals surface area (Å²) >= 11 is 1.92. The fraction of sp³-hybridized carbons (Fsp3) is 0.550. The first kappa shape index (κ1) is 24.1. The number of ether oxygens (including phenoxy) is 2. The molecule has 0 aliphatic carbocycles. The zero-order valence-corrected chi connectivity index (χ0v) is 19.5. The Bertz CT molecular complexity index is 592. The van der Waals surface area contributed by atoms with Gasteiger partial charge in [0, 0.05) is 36.6 Å². The lowest BCUT2D eigenvalue weighted by atomic mass is 9.99. The summed E-state index contributed by atoms with van der Waals surface area (Å²) in [5.74, 6) is 1.70. The predicted octanol–water partition coefficient (Wildman–Crippen LogP) is 3.84. The number of benzene rings is 1. The van der Waals surface area contributed by atoms with Gasteiger partial charge in [-0.2, -0.15) is 11.8 Å². The second kappa shape index (κ2) is 13.3. The van der Waals surface area contributed by atoms with Crippen molar-refractivity contribution in [2.24, 2.45) is 4.99 Å². The van der Waals surface area contributed by atoms with E-state index >= 15 is 0 Å². The average Bonchev–Trinajstić information content (AvgIpc) is 2.70. The van der Waals surface area contributed by atoms with Gasteiger partial charge in [-0.3, -0.25) is 0 Å². The number of nitrogens with one attached hydrogen (secondary N) is 2. The van der Waals surface area contributed by atoms with Crippen molar-refractivity contribution in [2.45, 2.75) is 31.1 Å². The van der Waals surface area contributed by atoms with Crippen LogP contribution in [0.5, 0.6) is 5.75 Å². The van der Waals surface area contributed by atoms with E-state index in [1.54, 1.807) is 6.08 Å². The van der Waals surface area contributed by atoms with Gasteiger partial charge < -0.3 is 20.1 Å². The summed E-state index contributed by atoms with van der Waals surface area (Å²) in [6, 6.07) is 8.01. The number of aliphatic imine (C=N–C) groups is 1. The summed E-state index contributed by atoms with van der Waals surface area (Å²) < 4.78 is 11.5. The molecule has 1 aliphatic heterocycles. The van der Waals surface area contributed by atoms with E-state index in [2.05, 4.69) is 30.4 Å². The minimum atomic E-state index is 0. The Kier molecular flexibility index (Phi) is 11.9. The van der Waals surface area contributed by atoms with Crippen molar-refractivity contribution >= 4 is 41.7 Å². The van der Waals surface area contributed by atoms with Crippen molar-refractivity contribution in [2.75, 3.05) is 39.2 Å². The fourth-order valence-corrected chi connectivity index (χ4v) is 3.66. The molecule has 1 aromatic rings. The third kappa shape index (κ3) is 7.91. The monoisotopic (exact) mass is 505 g/mol. The molecule has 0 amide bonds. The maximum Gasteiger partial charge on any atom is 0.191 e. The Hall–Kier alpha value is -0.930. The maximum atomic E-state index is 5.72. The van der Waals surface area contributed by atoms with Crippen molar-refractivity contribution < 1.29 is 9.47 Å². The van der Waals surface area contributed by atoms with E-state index < -0.39 is 0 Å². The molecule has 27 heavy (non-hydrogen) atoms. The lowest BCUT2D eigenvalue weighted by Gasteiger charge is -2.36. The van der Waals surface area contributed by atoms with Gasteiger partial charge in [0.2, 0.25) is 0 Å². The van der Waals surface area contributed by atoms with Gasteiger partial charge in [-0.15, -0.1) is 24.0 Å². The van der Waals surface area contributed by atoms with Crippen LogP contribution in [0.2, 0.25) is 0 Å². The van der Waals surface area contributed by atoms with Crippen LogP contribution < -0.4 is 15.4 Å². The van der Waals surface area contributed by atoms with E-state index in [1.807, 2.05) is 36.0 Å². The largest absolute Gasteiger partial charge is 0.489 e. The highest BCUT2D eigenvalue weighted by atomic mass is 127. The Morgan fingerprint density at radius 3 is 2.74 bits per heavy atom. The molecule has 2 N–H and O–H groups in total. The molecular formula is C20H32IN3O2S. The summed E-state index contributed by atoms with van der Waals surface area (Å²) in [6.07, 6.45) is 6.07. The summed E-state index contributed by atoms with van der Waals surface area (Å²) in [5, 5.41) is 6.86. The van der Waals surface area contributed by atoms with Crippen molar-refractivity contribution in [3.63, 3.8) is 0 Å². The van der Waals surface area contributed by atoms with Crippen molar-refractivity contribution in [1.29, 1.82) is 0 Å². The summed E-state index contributed by atoms with van der Waals surface area (Å²) in [4.78, 5) is 4.75. The molecule has 1 heterocycles. The van der Waals surface area contributed by atoms with E-state index in [-0.39, 0.29) is 28.7 Å². The Balaban J connectivity index is 0.00000364. The summed E-state index contributed by atoms with van der Waals surface area (Å²) in [5.41, 5.74) is 1.07.